The summed E-state index contributed by atoms with van der Waals surface area (Å²) in [6.07, 6.45) is 1.29. The lowest BCUT2D eigenvalue weighted by Gasteiger charge is -2.42. The van der Waals surface area contributed by atoms with Gasteiger partial charge >= 0.3 is 11.9 Å². The van der Waals surface area contributed by atoms with E-state index in [0.717, 1.165) is 27.8 Å². The van der Waals surface area contributed by atoms with Gasteiger partial charge in [-0.15, -0.1) is 15.9 Å². The van der Waals surface area contributed by atoms with E-state index >= 15 is 0 Å². The molecule has 4 N–H and O–H groups in total. The number of rotatable bonds is 13. The highest BCUT2D eigenvalue weighted by atomic mass is 32.3. The van der Waals surface area contributed by atoms with Crippen molar-refractivity contribution in [3.8, 4) is 16.9 Å². The van der Waals surface area contributed by atoms with Crippen LogP contribution in [0.25, 0.3) is 11.1 Å². The Morgan fingerprint density at radius 1 is 0.962 bits per heavy atom. The minimum absolute atomic E-state index is 0.000477. The second kappa shape index (κ2) is 15.5. The summed E-state index contributed by atoms with van der Waals surface area (Å²) in [7, 11) is -3.39. The topological polar surface area (TPSA) is 167 Å². The molecule has 0 radical (unpaired) electrons. The lowest BCUT2D eigenvalue weighted by atomic mass is 9.81. The summed E-state index contributed by atoms with van der Waals surface area (Å²) in [6, 6.07) is 27.2. The van der Waals surface area contributed by atoms with Crippen molar-refractivity contribution in [2.45, 2.75) is 70.9 Å². The maximum Gasteiger partial charge on any atom is 0.335 e. The van der Waals surface area contributed by atoms with Crippen molar-refractivity contribution in [2.24, 2.45) is 5.41 Å². The molecule has 4 aromatic carbocycles. The fraction of sp³-hybridized carbons (Fsp3) is 0.300. The van der Waals surface area contributed by atoms with Crippen LogP contribution in [0.15, 0.2) is 102 Å². The third-order valence-electron chi connectivity index (χ3n) is 9.61. The number of aryl methyl sites for hydroxylation is 1. The Kier molecular flexibility index (Phi) is 11.0. The molecule has 2 unspecified atom stereocenters. The van der Waals surface area contributed by atoms with Gasteiger partial charge in [0.25, 0.3) is 0 Å². The molecular weight excluding hydrogens is 697 g/mol. The molecule has 12 nitrogen and oxygen atoms in total. The maximum absolute atomic E-state index is 12.6. The van der Waals surface area contributed by atoms with Gasteiger partial charge < -0.3 is 19.7 Å². The van der Waals surface area contributed by atoms with E-state index in [4.69, 9.17) is 9.47 Å². The smallest absolute Gasteiger partial charge is 0.335 e. The molecule has 0 amide bonds. The van der Waals surface area contributed by atoms with Crippen LogP contribution in [0.5, 0.6) is 5.75 Å². The standard InChI is InChI=1S/C40H44N4O8S/c1-5-34-24-44(53(49,50)36-12-7-6-11-35(36)52-34)22-32-20-31(14-13-26(32)2)37(40(3,4)39(47)48)51-25-33-23-43(42-41-33)21-27-9-8-10-30(19-27)28-15-17-29(18-16-28)38(45)46/h6-20,23,34,37,49-50H,5,21-22,24-25H2,1-4H3,(H,45,46)(H,47,48). The number of carboxylic acid groups (broad SMARTS) is 2. The zero-order valence-electron chi connectivity index (χ0n) is 30.0. The molecule has 0 saturated carbocycles. The van der Waals surface area contributed by atoms with Gasteiger partial charge in [-0.25, -0.2) is 9.48 Å². The van der Waals surface area contributed by atoms with Crippen LogP contribution in [0.3, 0.4) is 0 Å². The number of aliphatic carboxylic acids is 1. The third kappa shape index (κ3) is 8.29. The van der Waals surface area contributed by atoms with E-state index in [1.807, 2.05) is 62.4 Å². The average molecular weight is 741 g/mol. The Hall–Kier alpha value is -5.05. The van der Waals surface area contributed by atoms with Crippen molar-refractivity contribution >= 4 is 22.7 Å². The second-order valence-corrected chi connectivity index (χ2v) is 15.8. The van der Waals surface area contributed by atoms with Gasteiger partial charge in [0, 0.05) is 6.54 Å². The van der Waals surface area contributed by atoms with E-state index in [0.29, 0.717) is 34.9 Å². The van der Waals surface area contributed by atoms with Crippen LogP contribution in [-0.2, 0) is 29.2 Å². The summed E-state index contributed by atoms with van der Waals surface area (Å²) < 4.78 is 39.0. The van der Waals surface area contributed by atoms with Gasteiger partial charge in [0.05, 0.1) is 43.0 Å². The number of carbonyl (C=O) groups is 2. The van der Waals surface area contributed by atoms with Crippen LogP contribution in [0.1, 0.15) is 71.6 Å². The molecule has 13 heteroatoms. The number of aromatic nitrogens is 3. The van der Waals surface area contributed by atoms with Gasteiger partial charge in [-0.1, -0.05) is 72.8 Å². The van der Waals surface area contributed by atoms with E-state index in [1.54, 1.807) is 71.5 Å². The SMILES string of the molecule is CCC1CN(Cc2cc(C(OCc3cn(Cc4cccc(-c5ccc(C(=O)O)cc5)c4)nn3)C(C)(C)C(=O)O)ccc2C)S(O)(O)c2ccccc2O1. The number of para-hydroxylation sites is 1. The minimum atomic E-state index is -3.39. The highest BCUT2D eigenvalue weighted by Gasteiger charge is 2.40. The fourth-order valence-electron chi connectivity index (χ4n) is 6.37. The van der Waals surface area contributed by atoms with Gasteiger partial charge in [-0.05, 0) is 90.9 Å². The molecule has 0 aliphatic carbocycles. The largest absolute Gasteiger partial charge is 0.487 e. The molecule has 0 fully saturated rings. The van der Waals surface area contributed by atoms with Gasteiger partial charge in [0.15, 0.2) is 0 Å². The van der Waals surface area contributed by atoms with Crippen LogP contribution < -0.4 is 4.74 Å². The van der Waals surface area contributed by atoms with E-state index in [2.05, 4.69) is 10.3 Å². The Balaban J connectivity index is 1.20. The number of benzene rings is 4. The van der Waals surface area contributed by atoms with Crippen molar-refractivity contribution in [3.63, 3.8) is 0 Å². The van der Waals surface area contributed by atoms with Crippen molar-refractivity contribution in [2.75, 3.05) is 6.54 Å². The molecular formula is C40H44N4O8S. The van der Waals surface area contributed by atoms with Gasteiger partial charge in [-0.3, -0.25) is 13.9 Å². The van der Waals surface area contributed by atoms with Gasteiger partial charge in [0.2, 0.25) is 0 Å². The summed E-state index contributed by atoms with van der Waals surface area (Å²) >= 11 is 0. The second-order valence-electron chi connectivity index (χ2n) is 13.8. The summed E-state index contributed by atoms with van der Waals surface area (Å²) in [5.74, 6) is -1.55. The fourth-order valence-corrected chi connectivity index (χ4v) is 7.99. The molecule has 0 spiro atoms. The molecule has 278 valence electrons. The molecule has 1 aliphatic rings. The predicted molar refractivity (Wildman–Crippen MR) is 201 cm³/mol. The van der Waals surface area contributed by atoms with Crippen LogP contribution in [0, 0.1) is 12.3 Å². The molecule has 1 aliphatic heterocycles. The number of fused-ring (bicyclic) bond motifs is 1. The summed E-state index contributed by atoms with van der Waals surface area (Å²) in [5, 5.41) is 28.1. The molecule has 6 rings (SSSR count). The summed E-state index contributed by atoms with van der Waals surface area (Å²) in [4.78, 5) is 24.2. The highest BCUT2D eigenvalue weighted by molar-refractivity contribution is 8.22. The van der Waals surface area contributed by atoms with Crippen LogP contribution in [-0.4, -0.2) is 63.2 Å². The first-order valence-corrected chi connectivity index (χ1v) is 18.8. The predicted octanol–water partition coefficient (Wildman–Crippen LogP) is 8.07. The molecule has 2 heterocycles. The Bertz CT molecular complexity index is 2100. The molecule has 0 saturated heterocycles. The lowest BCUT2D eigenvalue weighted by molar-refractivity contribution is -0.158. The zero-order chi connectivity index (χ0) is 37.9. The van der Waals surface area contributed by atoms with E-state index < -0.39 is 34.2 Å². The summed E-state index contributed by atoms with van der Waals surface area (Å²) in [6.45, 7) is 8.06. The van der Waals surface area contributed by atoms with Crippen molar-refractivity contribution < 1.29 is 38.4 Å². The van der Waals surface area contributed by atoms with Gasteiger partial charge in [-0.2, -0.15) is 4.31 Å². The minimum Gasteiger partial charge on any atom is -0.487 e. The number of carboxylic acids is 2. The number of hydrogen-bond donors (Lipinski definition) is 4. The quantitative estimate of drug-likeness (QED) is 0.0922. The third-order valence-corrected chi connectivity index (χ3v) is 11.5. The van der Waals surface area contributed by atoms with Gasteiger partial charge in [0.1, 0.15) is 22.4 Å². The monoisotopic (exact) mass is 740 g/mol. The van der Waals surface area contributed by atoms with E-state index in [9.17, 15) is 28.9 Å². The number of nitrogens with zero attached hydrogens (tertiary/aromatic N) is 4. The average Bonchev–Trinajstić information content (AvgIpc) is 3.54. The molecule has 1 aromatic heterocycles. The highest BCUT2D eigenvalue weighted by Crippen LogP contribution is 2.57. The lowest BCUT2D eigenvalue weighted by Crippen LogP contribution is -2.35. The van der Waals surface area contributed by atoms with Crippen LogP contribution in [0.4, 0.5) is 0 Å². The zero-order valence-corrected chi connectivity index (χ0v) is 30.9. The molecule has 0 bridgehead atoms. The molecule has 53 heavy (non-hydrogen) atoms. The Morgan fingerprint density at radius 3 is 2.43 bits per heavy atom. The first-order valence-electron chi connectivity index (χ1n) is 17.3. The Morgan fingerprint density at radius 2 is 1.72 bits per heavy atom. The van der Waals surface area contributed by atoms with Crippen LogP contribution >= 0.6 is 10.8 Å². The Labute approximate surface area is 310 Å². The maximum atomic E-state index is 12.6. The van der Waals surface area contributed by atoms with E-state index in [-0.39, 0.29) is 31.4 Å². The van der Waals surface area contributed by atoms with Crippen LogP contribution in [0.2, 0.25) is 0 Å². The van der Waals surface area contributed by atoms with Crippen molar-refractivity contribution in [1.82, 2.24) is 19.3 Å². The van der Waals surface area contributed by atoms with E-state index in [1.165, 1.54) is 0 Å². The van der Waals surface area contributed by atoms with Crippen molar-refractivity contribution in [3.05, 3.63) is 131 Å². The molecule has 2 atom stereocenters. The first-order chi connectivity index (χ1) is 25.3. The number of ether oxygens (including phenoxy) is 2. The molecule has 5 aromatic rings. The van der Waals surface area contributed by atoms with Crippen molar-refractivity contribution in [1.29, 1.82) is 0 Å². The normalized spacial score (nSPS) is 16.9. The first kappa shape index (κ1) is 37.7. The summed E-state index contributed by atoms with van der Waals surface area (Å²) in [5.41, 5.74) is 4.53. The number of aromatic carboxylic acids is 1. The number of hydrogen-bond acceptors (Lipinski definition) is 9.